The minimum atomic E-state index is -0.311. The molecule has 0 aliphatic carbocycles. The van der Waals surface area contributed by atoms with E-state index in [1.54, 1.807) is 31.4 Å². The molecule has 8 heteroatoms. The van der Waals surface area contributed by atoms with Gasteiger partial charge in [-0.1, -0.05) is 12.1 Å². The first-order valence-corrected chi connectivity index (χ1v) is 9.00. The Labute approximate surface area is 170 Å². The third-order valence-corrected chi connectivity index (χ3v) is 4.18. The second-order valence-corrected chi connectivity index (χ2v) is 6.04. The Kier molecular flexibility index (Phi) is 8.14. The molecule has 8 nitrogen and oxygen atoms in total. The maximum Gasteiger partial charge on any atom is 0.251 e. The number of ether oxygens (including phenoxy) is 4. The second kappa shape index (κ2) is 10.8. The summed E-state index contributed by atoms with van der Waals surface area (Å²) in [5, 5.41) is 5.53. The highest BCUT2D eigenvalue weighted by molar-refractivity contribution is 5.95. The molecule has 2 aromatic carbocycles. The molecule has 0 aromatic heterocycles. The van der Waals surface area contributed by atoms with Gasteiger partial charge in [-0.05, 0) is 29.8 Å². The van der Waals surface area contributed by atoms with Crippen molar-refractivity contribution in [1.82, 2.24) is 10.6 Å². The number of rotatable bonds is 10. The summed E-state index contributed by atoms with van der Waals surface area (Å²) in [7, 11) is 6.05. The predicted octanol–water partition coefficient (Wildman–Crippen LogP) is 1.81. The molecule has 0 atom stereocenters. The van der Waals surface area contributed by atoms with Crippen LogP contribution in [0.1, 0.15) is 15.9 Å². The Morgan fingerprint density at radius 1 is 0.793 bits per heavy atom. The van der Waals surface area contributed by atoms with Crippen molar-refractivity contribution < 1.29 is 28.5 Å². The lowest BCUT2D eigenvalue weighted by Crippen LogP contribution is -2.35. The Hall–Kier alpha value is -3.42. The number of carbonyl (C=O) groups is 2. The van der Waals surface area contributed by atoms with Gasteiger partial charge in [-0.3, -0.25) is 9.59 Å². The molecule has 0 heterocycles. The lowest BCUT2D eigenvalue weighted by molar-refractivity contribution is -0.120. The predicted molar refractivity (Wildman–Crippen MR) is 108 cm³/mol. The lowest BCUT2D eigenvalue weighted by atomic mass is 10.1. The smallest absolute Gasteiger partial charge is 0.251 e. The van der Waals surface area contributed by atoms with Crippen molar-refractivity contribution in [3.05, 3.63) is 47.5 Å². The summed E-state index contributed by atoms with van der Waals surface area (Å²) >= 11 is 0. The molecule has 0 saturated heterocycles. The van der Waals surface area contributed by atoms with E-state index in [2.05, 4.69) is 10.6 Å². The van der Waals surface area contributed by atoms with Crippen molar-refractivity contribution in [3.8, 4) is 23.0 Å². The van der Waals surface area contributed by atoms with E-state index in [0.717, 1.165) is 11.3 Å². The Morgan fingerprint density at radius 2 is 1.38 bits per heavy atom. The van der Waals surface area contributed by atoms with E-state index in [1.807, 2.05) is 12.1 Å². The van der Waals surface area contributed by atoms with E-state index < -0.39 is 0 Å². The van der Waals surface area contributed by atoms with E-state index >= 15 is 0 Å². The van der Waals surface area contributed by atoms with E-state index in [1.165, 1.54) is 21.3 Å². The summed E-state index contributed by atoms with van der Waals surface area (Å²) in [6, 6.07) is 10.4. The van der Waals surface area contributed by atoms with Gasteiger partial charge in [0.1, 0.15) is 5.75 Å². The number of carbonyl (C=O) groups excluding carboxylic acids is 2. The van der Waals surface area contributed by atoms with Gasteiger partial charge in [0.25, 0.3) is 5.91 Å². The van der Waals surface area contributed by atoms with Gasteiger partial charge in [-0.2, -0.15) is 0 Å². The summed E-state index contributed by atoms with van der Waals surface area (Å²) < 4.78 is 20.8. The summed E-state index contributed by atoms with van der Waals surface area (Å²) in [6.45, 7) is 0.592. The SMILES string of the molecule is COc1ccc(CC(=O)NCCNC(=O)c2cc(OC)c(OC)c(OC)c2)cc1. The van der Waals surface area contributed by atoms with Crippen LogP contribution in [0.25, 0.3) is 0 Å². The fraction of sp³-hybridized carbons (Fsp3) is 0.333. The van der Waals surface area contributed by atoms with Crippen LogP contribution in [-0.4, -0.2) is 53.3 Å². The molecule has 0 bridgehead atoms. The minimum Gasteiger partial charge on any atom is -0.497 e. The van der Waals surface area contributed by atoms with Crippen LogP contribution in [0.3, 0.4) is 0 Å². The third-order valence-electron chi connectivity index (χ3n) is 4.18. The topological polar surface area (TPSA) is 95.1 Å². The molecule has 0 radical (unpaired) electrons. The Morgan fingerprint density at radius 3 is 1.90 bits per heavy atom. The molecule has 2 amide bonds. The summed E-state index contributed by atoms with van der Waals surface area (Å²) in [6.07, 6.45) is 0.255. The van der Waals surface area contributed by atoms with Gasteiger partial charge >= 0.3 is 0 Å². The first-order chi connectivity index (χ1) is 14.0. The van der Waals surface area contributed by atoms with Gasteiger partial charge in [0.15, 0.2) is 11.5 Å². The highest BCUT2D eigenvalue weighted by Gasteiger charge is 2.16. The fourth-order valence-electron chi connectivity index (χ4n) is 2.68. The molecule has 0 spiro atoms. The number of methoxy groups -OCH3 is 4. The first kappa shape index (κ1) is 21.9. The van der Waals surface area contributed by atoms with Crippen LogP contribution >= 0.6 is 0 Å². The molecule has 0 saturated carbocycles. The van der Waals surface area contributed by atoms with Gasteiger partial charge in [0.2, 0.25) is 11.7 Å². The highest BCUT2D eigenvalue weighted by atomic mass is 16.5. The van der Waals surface area contributed by atoms with Crippen LogP contribution in [0.4, 0.5) is 0 Å². The zero-order valence-corrected chi connectivity index (χ0v) is 17.0. The molecule has 2 N–H and O–H groups in total. The first-order valence-electron chi connectivity index (χ1n) is 9.00. The van der Waals surface area contributed by atoms with Crippen molar-refractivity contribution >= 4 is 11.8 Å². The van der Waals surface area contributed by atoms with Crippen LogP contribution in [0.5, 0.6) is 23.0 Å². The number of hydrogen-bond donors (Lipinski definition) is 2. The standard InChI is InChI=1S/C21H26N2O6/c1-26-16-7-5-14(6-8-16)11-19(24)22-9-10-23-21(25)15-12-17(27-2)20(29-4)18(13-15)28-3/h5-8,12-13H,9-11H2,1-4H3,(H,22,24)(H,23,25). The molecule has 0 unspecified atom stereocenters. The van der Waals surface area contributed by atoms with Crippen molar-refractivity contribution in [2.75, 3.05) is 41.5 Å². The van der Waals surface area contributed by atoms with Crippen molar-refractivity contribution in [1.29, 1.82) is 0 Å². The number of nitrogens with one attached hydrogen (secondary N) is 2. The largest absolute Gasteiger partial charge is 0.497 e. The average molecular weight is 402 g/mol. The van der Waals surface area contributed by atoms with Crippen LogP contribution in [-0.2, 0) is 11.2 Å². The zero-order valence-electron chi connectivity index (χ0n) is 17.0. The van der Waals surface area contributed by atoms with Crippen LogP contribution in [0.2, 0.25) is 0 Å². The number of hydrogen-bond acceptors (Lipinski definition) is 6. The third kappa shape index (κ3) is 6.03. The van der Waals surface area contributed by atoms with Gasteiger partial charge < -0.3 is 29.6 Å². The molecule has 2 aromatic rings. The summed E-state index contributed by atoms with van der Waals surface area (Å²) in [4.78, 5) is 24.4. The van der Waals surface area contributed by atoms with E-state index in [4.69, 9.17) is 18.9 Å². The molecular weight excluding hydrogens is 376 g/mol. The second-order valence-electron chi connectivity index (χ2n) is 6.04. The monoisotopic (exact) mass is 402 g/mol. The van der Waals surface area contributed by atoms with Crippen molar-refractivity contribution in [3.63, 3.8) is 0 Å². The highest BCUT2D eigenvalue weighted by Crippen LogP contribution is 2.38. The van der Waals surface area contributed by atoms with Crippen molar-refractivity contribution in [2.45, 2.75) is 6.42 Å². The normalized spacial score (nSPS) is 10.1. The molecule has 29 heavy (non-hydrogen) atoms. The van der Waals surface area contributed by atoms with Crippen molar-refractivity contribution in [2.24, 2.45) is 0 Å². The van der Waals surface area contributed by atoms with Gasteiger partial charge in [-0.25, -0.2) is 0 Å². The Balaban J connectivity index is 1.84. The molecular formula is C21H26N2O6. The van der Waals surface area contributed by atoms with Crippen LogP contribution in [0, 0.1) is 0 Å². The average Bonchev–Trinajstić information content (AvgIpc) is 2.75. The van der Waals surface area contributed by atoms with E-state index in [9.17, 15) is 9.59 Å². The zero-order chi connectivity index (χ0) is 21.2. The molecule has 0 fully saturated rings. The van der Waals surface area contributed by atoms with Gasteiger partial charge in [0.05, 0.1) is 34.9 Å². The van der Waals surface area contributed by atoms with Crippen LogP contribution < -0.4 is 29.6 Å². The fourth-order valence-corrected chi connectivity index (χ4v) is 2.68. The molecule has 2 rings (SSSR count). The van der Waals surface area contributed by atoms with E-state index in [0.29, 0.717) is 29.4 Å². The molecule has 156 valence electrons. The number of benzene rings is 2. The summed E-state index contributed by atoms with van der Waals surface area (Å²) in [5.41, 5.74) is 1.24. The minimum absolute atomic E-state index is 0.128. The lowest BCUT2D eigenvalue weighted by Gasteiger charge is -2.14. The quantitative estimate of drug-likeness (QED) is 0.589. The van der Waals surface area contributed by atoms with Gasteiger partial charge in [-0.15, -0.1) is 0 Å². The van der Waals surface area contributed by atoms with Crippen LogP contribution in [0.15, 0.2) is 36.4 Å². The maximum absolute atomic E-state index is 12.4. The Bertz CT molecular complexity index is 811. The summed E-state index contributed by atoms with van der Waals surface area (Å²) in [5.74, 6) is 1.50. The maximum atomic E-state index is 12.4. The molecule has 0 aliphatic rings. The van der Waals surface area contributed by atoms with Gasteiger partial charge in [0, 0.05) is 18.7 Å². The van der Waals surface area contributed by atoms with E-state index in [-0.39, 0.29) is 24.8 Å². The molecule has 0 aliphatic heterocycles. The number of amides is 2.